The fourth-order valence-electron chi connectivity index (χ4n) is 2.83. The van der Waals surface area contributed by atoms with Crippen LogP contribution in [0.4, 0.5) is 21.6 Å². The number of halogens is 1. The van der Waals surface area contributed by atoms with E-state index in [1.54, 1.807) is 30.3 Å². The van der Waals surface area contributed by atoms with Crippen LogP contribution in [0.5, 0.6) is 0 Å². The summed E-state index contributed by atoms with van der Waals surface area (Å²) in [7, 11) is 0. The maximum Gasteiger partial charge on any atom is 0.255 e. The van der Waals surface area contributed by atoms with Crippen molar-refractivity contribution < 1.29 is 14.0 Å². The van der Waals surface area contributed by atoms with Crippen LogP contribution in [-0.4, -0.2) is 23.3 Å². The van der Waals surface area contributed by atoms with E-state index in [0.717, 1.165) is 16.8 Å². The predicted octanol–water partition coefficient (Wildman–Crippen LogP) is 3.95. The van der Waals surface area contributed by atoms with Crippen molar-refractivity contribution in [1.29, 1.82) is 0 Å². The van der Waals surface area contributed by atoms with Crippen LogP contribution in [0.3, 0.4) is 0 Å². The normalized spacial score (nSPS) is 10.3. The number of anilines is 3. The molecule has 2 aromatic carbocycles. The van der Waals surface area contributed by atoms with Gasteiger partial charge < -0.3 is 16.0 Å². The molecule has 0 aliphatic rings. The minimum absolute atomic E-state index is 0.199. The Labute approximate surface area is 168 Å². The molecular formula is C22H21FN4O2. The van der Waals surface area contributed by atoms with Crippen molar-refractivity contribution in [3.63, 3.8) is 0 Å². The molecule has 2 amide bonds. The van der Waals surface area contributed by atoms with Crippen LogP contribution in [0, 0.1) is 19.7 Å². The van der Waals surface area contributed by atoms with E-state index in [1.165, 1.54) is 12.3 Å². The molecule has 148 valence electrons. The number of aromatic nitrogens is 1. The van der Waals surface area contributed by atoms with E-state index in [-0.39, 0.29) is 29.5 Å². The second-order valence-corrected chi connectivity index (χ2v) is 6.50. The summed E-state index contributed by atoms with van der Waals surface area (Å²) in [5.74, 6) is -1.10. The molecule has 0 atom stereocenters. The maximum absolute atomic E-state index is 13.9. The number of nitrogens with one attached hydrogen (secondary N) is 3. The first-order valence-corrected chi connectivity index (χ1v) is 9.06. The highest BCUT2D eigenvalue weighted by atomic mass is 19.1. The molecule has 7 heteroatoms. The van der Waals surface area contributed by atoms with Crippen molar-refractivity contribution >= 4 is 29.0 Å². The number of carbonyl (C=O) groups is 2. The molecule has 0 radical (unpaired) electrons. The number of aryl methyl sites for hydroxylation is 2. The number of amides is 2. The molecule has 3 N–H and O–H groups in total. The number of carbonyl (C=O) groups excluding carboxylic acids is 2. The first kappa shape index (κ1) is 20.0. The zero-order valence-corrected chi connectivity index (χ0v) is 16.1. The Morgan fingerprint density at radius 2 is 1.69 bits per heavy atom. The number of hydrogen-bond donors (Lipinski definition) is 3. The van der Waals surface area contributed by atoms with Crippen molar-refractivity contribution in [2.75, 3.05) is 17.2 Å². The quantitative estimate of drug-likeness (QED) is 0.593. The third-order valence-corrected chi connectivity index (χ3v) is 4.33. The first-order valence-electron chi connectivity index (χ1n) is 9.06. The lowest BCUT2D eigenvalue weighted by atomic mass is 10.1. The highest BCUT2D eigenvalue weighted by Crippen LogP contribution is 2.21. The smallest absolute Gasteiger partial charge is 0.255 e. The van der Waals surface area contributed by atoms with Crippen molar-refractivity contribution in [3.05, 3.63) is 83.3 Å². The molecule has 0 saturated heterocycles. The average molecular weight is 392 g/mol. The summed E-state index contributed by atoms with van der Waals surface area (Å²) < 4.78 is 13.9. The van der Waals surface area contributed by atoms with Crippen LogP contribution >= 0.6 is 0 Å². The van der Waals surface area contributed by atoms with Gasteiger partial charge in [0.15, 0.2) is 0 Å². The zero-order chi connectivity index (χ0) is 20.8. The summed E-state index contributed by atoms with van der Waals surface area (Å²) in [6.45, 7) is 3.59. The molecule has 0 fully saturated rings. The van der Waals surface area contributed by atoms with Crippen molar-refractivity contribution in [2.24, 2.45) is 0 Å². The summed E-state index contributed by atoms with van der Waals surface area (Å²) >= 11 is 0. The van der Waals surface area contributed by atoms with E-state index in [4.69, 9.17) is 0 Å². The van der Waals surface area contributed by atoms with E-state index in [1.807, 2.05) is 32.0 Å². The Bertz CT molecular complexity index is 1030. The van der Waals surface area contributed by atoms with Gasteiger partial charge in [-0.15, -0.1) is 0 Å². The lowest BCUT2D eigenvalue weighted by Crippen LogP contribution is -2.33. The third kappa shape index (κ3) is 4.95. The molecular weight excluding hydrogens is 371 g/mol. The van der Waals surface area contributed by atoms with Crippen LogP contribution in [0.25, 0.3) is 0 Å². The highest BCUT2D eigenvalue weighted by molar-refractivity contribution is 6.02. The molecule has 3 aromatic rings. The second-order valence-electron chi connectivity index (χ2n) is 6.50. The maximum atomic E-state index is 13.9. The van der Waals surface area contributed by atoms with Gasteiger partial charge in [0.2, 0.25) is 5.91 Å². The number of pyridine rings is 1. The van der Waals surface area contributed by atoms with Crippen LogP contribution in [-0.2, 0) is 4.79 Å². The van der Waals surface area contributed by atoms with Gasteiger partial charge in [-0.2, -0.15) is 0 Å². The van der Waals surface area contributed by atoms with Gasteiger partial charge in [-0.3, -0.25) is 9.59 Å². The topological polar surface area (TPSA) is 83.1 Å². The van der Waals surface area contributed by atoms with Crippen molar-refractivity contribution in [3.8, 4) is 0 Å². The summed E-state index contributed by atoms with van der Waals surface area (Å²) in [4.78, 5) is 28.9. The van der Waals surface area contributed by atoms with Crippen LogP contribution < -0.4 is 16.0 Å². The molecule has 0 unspecified atom stereocenters. The van der Waals surface area contributed by atoms with Gasteiger partial charge in [0, 0.05) is 11.9 Å². The molecule has 1 heterocycles. The number of para-hydroxylation sites is 2. The summed E-state index contributed by atoms with van der Waals surface area (Å²) in [5.41, 5.74) is 3.01. The van der Waals surface area contributed by atoms with Crippen LogP contribution in [0.2, 0.25) is 0 Å². The molecule has 0 spiro atoms. The number of benzene rings is 2. The fourth-order valence-corrected chi connectivity index (χ4v) is 2.83. The monoisotopic (exact) mass is 392 g/mol. The minimum atomic E-state index is -0.492. The Hall–Kier alpha value is -3.74. The van der Waals surface area contributed by atoms with Crippen LogP contribution in [0.15, 0.2) is 60.8 Å². The lowest BCUT2D eigenvalue weighted by molar-refractivity contribution is -0.115. The molecule has 0 saturated carbocycles. The molecule has 0 aliphatic carbocycles. The Morgan fingerprint density at radius 1 is 0.966 bits per heavy atom. The van der Waals surface area contributed by atoms with E-state index in [0.29, 0.717) is 0 Å². The van der Waals surface area contributed by atoms with E-state index >= 15 is 0 Å². The number of rotatable bonds is 6. The predicted molar refractivity (Wildman–Crippen MR) is 111 cm³/mol. The third-order valence-electron chi connectivity index (χ3n) is 4.33. The van der Waals surface area contributed by atoms with Gasteiger partial charge in [0.1, 0.15) is 11.6 Å². The Balaban J connectivity index is 1.67. The molecule has 3 rings (SSSR count). The Morgan fingerprint density at radius 3 is 2.41 bits per heavy atom. The van der Waals surface area contributed by atoms with Crippen molar-refractivity contribution in [2.45, 2.75) is 13.8 Å². The van der Waals surface area contributed by atoms with Crippen molar-refractivity contribution in [1.82, 2.24) is 10.3 Å². The van der Waals surface area contributed by atoms with Crippen LogP contribution in [0.1, 0.15) is 21.5 Å². The minimum Gasteiger partial charge on any atom is -0.343 e. The lowest BCUT2D eigenvalue weighted by Gasteiger charge is -2.13. The largest absolute Gasteiger partial charge is 0.343 e. The molecule has 1 aromatic heterocycles. The molecule has 6 nitrogen and oxygen atoms in total. The Kier molecular flexibility index (Phi) is 6.19. The van der Waals surface area contributed by atoms with E-state index in [9.17, 15) is 14.0 Å². The summed E-state index contributed by atoms with van der Waals surface area (Å²) in [6.07, 6.45) is 1.49. The second kappa shape index (κ2) is 8.97. The number of nitrogens with zero attached hydrogens (tertiary/aromatic N) is 1. The number of hydrogen-bond acceptors (Lipinski definition) is 4. The van der Waals surface area contributed by atoms with Gasteiger partial charge in [-0.25, -0.2) is 9.37 Å². The van der Waals surface area contributed by atoms with Gasteiger partial charge in [0.25, 0.3) is 5.91 Å². The standard InChI is InChI=1S/C22H21FN4O2/c1-14-7-5-8-15(2)20(14)27-19(28)13-25-22(29)16-9-6-12-24-21(16)26-18-11-4-3-10-17(18)23/h3-12H,13H2,1-2H3,(H,24,26)(H,25,29)(H,27,28). The molecule has 29 heavy (non-hydrogen) atoms. The average Bonchev–Trinajstić information content (AvgIpc) is 2.71. The molecule has 0 aliphatic heterocycles. The highest BCUT2D eigenvalue weighted by Gasteiger charge is 2.15. The van der Waals surface area contributed by atoms with Gasteiger partial charge >= 0.3 is 0 Å². The fraction of sp³-hybridized carbons (Fsp3) is 0.136. The summed E-state index contributed by atoms with van der Waals surface area (Å²) in [6, 6.07) is 15.0. The van der Waals surface area contributed by atoms with E-state index in [2.05, 4.69) is 20.9 Å². The van der Waals surface area contributed by atoms with Gasteiger partial charge in [-0.05, 0) is 49.2 Å². The van der Waals surface area contributed by atoms with E-state index < -0.39 is 11.7 Å². The van der Waals surface area contributed by atoms with Gasteiger partial charge in [-0.1, -0.05) is 30.3 Å². The summed E-state index contributed by atoms with van der Waals surface area (Å²) in [5, 5.41) is 8.20. The van der Waals surface area contributed by atoms with Gasteiger partial charge in [0.05, 0.1) is 17.8 Å². The SMILES string of the molecule is Cc1cccc(C)c1NC(=O)CNC(=O)c1cccnc1Nc1ccccc1F. The molecule has 0 bridgehead atoms. The zero-order valence-electron chi connectivity index (χ0n) is 16.1. The first-order chi connectivity index (χ1) is 14.0.